The first kappa shape index (κ1) is 12.7. The molecule has 1 aromatic heterocycles. The van der Waals surface area contributed by atoms with Crippen LogP contribution < -0.4 is 5.32 Å². The first-order chi connectivity index (χ1) is 7.77. The van der Waals surface area contributed by atoms with E-state index in [1.807, 2.05) is 13.8 Å². The minimum absolute atomic E-state index is 0.00125. The Labute approximate surface area is 95.6 Å². The Morgan fingerprint density at radius 1 is 1.56 bits per heavy atom. The fourth-order valence-electron chi connectivity index (χ4n) is 1.37. The third kappa shape index (κ3) is 4.02. The molecule has 0 unspecified atom stereocenters. The van der Waals surface area contributed by atoms with E-state index in [0.717, 1.165) is 18.4 Å². The summed E-state index contributed by atoms with van der Waals surface area (Å²) in [7, 11) is 0. The number of anilines is 1. The number of ether oxygens (including phenoxy) is 1. The monoisotopic (exact) mass is 225 g/mol. The topological polar surface area (TPSA) is 67.0 Å². The average molecular weight is 225 g/mol. The van der Waals surface area contributed by atoms with E-state index in [2.05, 4.69) is 15.5 Å². The quantitative estimate of drug-likeness (QED) is 0.694. The number of nitrogens with one attached hydrogen (secondary N) is 2. The van der Waals surface area contributed by atoms with Gasteiger partial charge >= 0.3 is 0 Å². The van der Waals surface area contributed by atoms with Gasteiger partial charge < -0.3 is 10.1 Å². The summed E-state index contributed by atoms with van der Waals surface area (Å²) in [5.41, 5.74) is 1.03. The van der Waals surface area contributed by atoms with Crippen molar-refractivity contribution in [3.8, 4) is 0 Å². The first-order valence-electron chi connectivity index (χ1n) is 5.67. The SMILES string of the molecule is CCOCCCC(=O)Nc1[nH]ncc1CC. The summed E-state index contributed by atoms with van der Waals surface area (Å²) < 4.78 is 5.16. The largest absolute Gasteiger partial charge is 0.382 e. The maximum Gasteiger partial charge on any atom is 0.225 e. The van der Waals surface area contributed by atoms with Crippen LogP contribution in [0.3, 0.4) is 0 Å². The van der Waals surface area contributed by atoms with Crippen molar-refractivity contribution in [2.75, 3.05) is 18.5 Å². The molecule has 0 saturated carbocycles. The Balaban J connectivity index is 2.28. The smallest absolute Gasteiger partial charge is 0.225 e. The lowest BCUT2D eigenvalue weighted by molar-refractivity contribution is -0.116. The van der Waals surface area contributed by atoms with Crippen molar-refractivity contribution < 1.29 is 9.53 Å². The summed E-state index contributed by atoms with van der Waals surface area (Å²) >= 11 is 0. The number of amides is 1. The molecule has 1 heterocycles. The van der Waals surface area contributed by atoms with Crippen LogP contribution in [0.5, 0.6) is 0 Å². The third-order valence-corrected chi connectivity index (χ3v) is 2.26. The molecule has 16 heavy (non-hydrogen) atoms. The van der Waals surface area contributed by atoms with Crippen molar-refractivity contribution in [2.45, 2.75) is 33.1 Å². The zero-order valence-corrected chi connectivity index (χ0v) is 9.88. The van der Waals surface area contributed by atoms with Crippen molar-refractivity contribution in [2.24, 2.45) is 0 Å². The highest BCUT2D eigenvalue weighted by Gasteiger charge is 2.07. The molecule has 1 amide bonds. The van der Waals surface area contributed by atoms with Crippen LogP contribution in [-0.2, 0) is 16.0 Å². The fourth-order valence-corrected chi connectivity index (χ4v) is 1.37. The number of carbonyl (C=O) groups is 1. The van der Waals surface area contributed by atoms with E-state index < -0.39 is 0 Å². The molecule has 1 aromatic rings. The van der Waals surface area contributed by atoms with Crippen LogP contribution in [0.1, 0.15) is 32.3 Å². The molecule has 2 N–H and O–H groups in total. The molecule has 5 nitrogen and oxygen atoms in total. The number of carbonyl (C=O) groups excluding carboxylic acids is 1. The van der Waals surface area contributed by atoms with Gasteiger partial charge in [0.15, 0.2) is 0 Å². The maximum atomic E-state index is 11.5. The Bertz CT molecular complexity index is 323. The molecule has 0 aromatic carbocycles. The van der Waals surface area contributed by atoms with Gasteiger partial charge in [-0.25, -0.2) is 0 Å². The van der Waals surface area contributed by atoms with Crippen LogP contribution >= 0.6 is 0 Å². The Kier molecular flexibility index (Phi) is 5.56. The molecule has 1 rings (SSSR count). The van der Waals surface area contributed by atoms with Gasteiger partial charge in [0.05, 0.1) is 6.20 Å². The predicted octanol–water partition coefficient (Wildman–Crippen LogP) is 1.73. The van der Waals surface area contributed by atoms with Gasteiger partial charge in [-0.1, -0.05) is 6.92 Å². The van der Waals surface area contributed by atoms with Crippen molar-refractivity contribution in [1.29, 1.82) is 0 Å². The lowest BCUT2D eigenvalue weighted by atomic mass is 10.2. The second-order valence-corrected chi connectivity index (χ2v) is 3.47. The molecule has 5 heteroatoms. The number of aryl methyl sites for hydroxylation is 1. The highest BCUT2D eigenvalue weighted by atomic mass is 16.5. The third-order valence-electron chi connectivity index (χ3n) is 2.26. The number of aromatic amines is 1. The molecule has 0 spiro atoms. The molecule has 0 radical (unpaired) electrons. The van der Waals surface area contributed by atoms with Crippen molar-refractivity contribution >= 4 is 11.7 Å². The standard InChI is InChI=1S/C11H19N3O2/c1-3-9-8-12-14-11(9)13-10(15)6-5-7-16-4-2/h8H,3-7H2,1-2H3,(H2,12,13,14,15). The molecule has 0 aliphatic rings. The molecule has 0 saturated heterocycles. The van der Waals surface area contributed by atoms with E-state index in [9.17, 15) is 4.79 Å². The van der Waals surface area contributed by atoms with E-state index in [4.69, 9.17) is 4.74 Å². The predicted molar refractivity (Wildman–Crippen MR) is 62.3 cm³/mol. The second kappa shape index (κ2) is 7.00. The molecule has 0 bridgehead atoms. The molecular formula is C11H19N3O2. The van der Waals surface area contributed by atoms with Crippen LogP contribution in [0.4, 0.5) is 5.82 Å². The van der Waals surface area contributed by atoms with Crippen LogP contribution in [0.15, 0.2) is 6.20 Å². The number of H-pyrrole nitrogens is 1. The second-order valence-electron chi connectivity index (χ2n) is 3.47. The van der Waals surface area contributed by atoms with Gasteiger partial charge in [-0.3, -0.25) is 9.89 Å². The summed E-state index contributed by atoms with van der Waals surface area (Å²) in [6.45, 7) is 5.30. The summed E-state index contributed by atoms with van der Waals surface area (Å²) in [4.78, 5) is 11.5. The number of aromatic nitrogens is 2. The average Bonchev–Trinajstić information content (AvgIpc) is 2.71. The van der Waals surface area contributed by atoms with E-state index >= 15 is 0 Å². The van der Waals surface area contributed by atoms with E-state index in [0.29, 0.717) is 25.5 Å². The van der Waals surface area contributed by atoms with Gasteiger partial charge in [0.2, 0.25) is 5.91 Å². The summed E-state index contributed by atoms with van der Waals surface area (Å²) in [6.07, 6.45) is 3.80. The molecule has 0 atom stereocenters. The van der Waals surface area contributed by atoms with Crippen molar-refractivity contribution in [3.63, 3.8) is 0 Å². The van der Waals surface area contributed by atoms with Gasteiger partial charge in [-0.15, -0.1) is 0 Å². The first-order valence-corrected chi connectivity index (χ1v) is 5.67. The number of hydrogen-bond acceptors (Lipinski definition) is 3. The molecule has 0 fully saturated rings. The van der Waals surface area contributed by atoms with Crippen LogP contribution in [-0.4, -0.2) is 29.3 Å². The van der Waals surface area contributed by atoms with E-state index in [1.165, 1.54) is 0 Å². The van der Waals surface area contributed by atoms with Crippen LogP contribution in [0, 0.1) is 0 Å². The lowest BCUT2D eigenvalue weighted by Crippen LogP contribution is -2.13. The minimum atomic E-state index is -0.00125. The normalized spacial score (nSPS) is 10.4. The zero-order chi connectivity index (χ0) is 11.8. The van der Waals surface area contributed by atoms with Gasteiger partial charge in [-0.2, -0.15) is 5.10 Å². The Morgan fingerprint density at radius 3 is 3.06 bits per heavy atom. The fraction of sp³-hybridized carbons (Fsp3) is 0.636. The van der Waals surface area contributed by atoms with Crippen molar-refractivity contribution in [1.82, 2.24) is 10.2 Å². The van der Waals surface area contributed by atoms with Gasteiger partial charge in [0.25, 0.3) is 0 Å². The van der Waals surface area contributed by atoms with Crippen molar-refractivity contribution in [3.05, 3.63) is 11.8 Å². The molecule has 90 valence electrons. The summed E-state index contributed by atoms with van der Waals surface area (Å²) in [5, 5.41) is 9.47. The van der Waals surface area contributed by atoms with Crippen LogP contribution in [0.25, 0.3) is 0 Å². The number of hydrogen-bond donors (Lipinski definition) is 2. The maximum absolute atomic E-state index is 11.5. The van der Waals surface area contributed by atoms with Crippen LogP contribution in [0.2, 0.25) is 0 Å². The van der Waals surface area contributed by atoms with E-state index in [-0.39, 0.29) is 5.91 Å². The Hall–Kier alpha value is -1.36. The minimum Gasteiger partial charge on any atom is -0.382 e. The highest BCUT2D eigenvalue weighted by molar-refractivity contribution is 5.90. The summed E-state index contributed by atoms with van der Waals surface area (Å²) in [5.74, 6) is 0.711. The van der Waals surface area contributed by atoms with Gasteiger partial charge in [-0.05, 0) is 19.8 Å². The highest BCUT2D eigenvalue weighted by Crippen LogP contribution is 2.11. The summed E-state index contributed by atoms with van der Waals surface area (Å²) in [6, 6.07) is 0. The zero-order valence-electron chi connectivity index (χ0n) is 9.88. The lowest BCUT2D eigenvalue weighted by Gasteiger charge is -2.04. The van der Waals surface area contributed by atoms with Gasteiger partial charge in [0.1, 0.15) is 5.82 Å². The number of rotatable bonds is 7. The van der Waals surface area contributed by atoms with Gasteiger partial charge in [0, 0.05) is 25.2 Å². The number of nitrogens with zero attached hydrogens (tertiary/aromatic N) is 1. The molecule has 0 aliphatic carbocycles. The molecular weight excluding hydrogens is 206 g/mol. The Morgan fingerprint density at radius 2 is 2.38 bits per heavy atom. The molecule has 0 aliphatic heterocycles. The van der Waals surface area contributed by atoms with E-state index in [1.54, 1.807) is 6.20 Å².